The summed E-state index contributed by atoms with van der Waals surface area (Å²) >= 11 is 0. The number of nitrogens with one attached hydrogen (secondary N) is 1. The van der Waals surface area contributed by atoms with Crippen LogP contribution in [0.25, 0.3) is 0 Å². The van der Waals surface area contributed by atoms with E-state index in [2.05, 4.69) is 17.1 Å². The maximum atomic E-state index is 9.22. The molecule has 0 radical (unpaired) electrons. The molecule has 1 heterocycles. The van der Waals surface area contributed by atoms with E-state index in [4.69, 9.17) is 0 Å². The van der Waals surface area contributed by atoms with E-state index in [1.807, 2.05) is 7.05 Å². The fourth-order valence-electron chi connectivity index (χ4n) is 1.46. The lowest BCUT2D eigenvalue weighted by Crippen LogP contribution is -2.36. The highest BCUT2D eigenvalue weighted by Gasteiger charge is 2.20. The lowest BCUT2D eigenvalue weighted by atomic mass is 10.3. The van der Waals surface area contributed by atoms with E-state index in [-0.39, 0.29) is 6.10 Å². The third-order valence-corrected chi connectivity index (χ3v) is 2.27. The molecule has 0 saturated carbocycles. The molecule has 2 atom stereocenters. The highest BCUT2D eigenvalue weighted by atomic mass is 16.3. The van der Waals surface area contributed by atoms with Crippen LogP contribution in [0.1, 0.15) is 13.3 Å². The van der Waals surface area contributed by atoms with Crippen LogP contribution in [0, 0.1) is 0 Å². The molecule has 2 N–H and O–H groups in total. The maximum absolute atomic E-state index is 9.22. The SMILES string of the molecule is CNC(C)CN1CCC(O)C1. The van der Waals surface area contributed by atoms with Gasteiger partial charge in [-0.1, -0.05) is 0 Å². The minimum Gasteiger partial charge on any atom is -0.392 e. The first-order valence-electron chi connectivity index (χ1n) is 4.30. The van der Waals surface area contributed by atoms with Crippen molar-refractivity contribution in [3.63, 3.8) is 0 Å². The Bertz CT molecular complexity index is 119. The molecular weight excluding hydrogens is 140 g/mol. The van der Waals surface area contributed by atoms with Gasteiger partial charge in [-0.3, -0.25) is 4.90 Å². The number of likely N-dealkylation sites (N-methyl/N-ethyl adjacent to an activating group) is 1. The first kappa shape index (κ1) is 8.97. The number of hydrogen-bond acceptors (Lipinski definition) is 3. The number of nitrogens with zero attached hydrogens (tertiary/aromatic N) is 1. The van der Waals surface area contributed by atoms with Gasteiger partial charge in [-0.25, -0.2) is 0 Å². The summed E-state index contributed by atoms with van der Waals surface area (Å²) in [5.41, 5.74) is 0. The minimum absolute atomic E-state index is 0.0842. The van der Waals surface area contributed by atoms with Gasteiger partial charge >= 0.3 is 0 Å². The molecule has 1 fully saturated rings. The van der Waals surface area contributed by atoms with Crippen molar-refractivity contribution in [1.82, 2.24) is 10.2 Å². The van der Waals surface area contributed by atoms with Gasteiger partial charge in [0, 0.05) is 25.7 Å². The van der Waals surface area contributed by atoms with E-state index in [9.17, 15) is 5.11 Å². The van der Waals surface area contributed by atoms with Crippen molar-refractivity contribution >= 4 is 0 Å². The number of aliphatic hydroxyl groups excluding tert-OH is 1. The summed E-state index contributed by atoms with van der Waals surface area (Å²) in [6.07, 6.45) is 0.857. The molecule has 66 valence electrons. The fourth-order valence-corrected chi connectivity index (χ4v) is 1.46. The highest BCUT2D eigenvalue weighted by Crippen LogP contribution is 2.08. The number of likely N-dealkylation sites (tertiary alicyclic amines) is 1. The van der Waals surface area contributed by atoms with Crippen molar-refractivity contribution < 1.29 is 5.11 Å². The van der Waals surface area contributed by atoms with Gasteiger partial charge in [0.1, 0.15) is 0 Å². The summed E-state index contributed by atoms with van der Waals surface area (Å²) in [6, 6.07) is 0.528. The van der Waals surface area contributed by atoms with Crippen LogP contribution in [-0.2, 0) is 0 Å². The Morgan fingerprint density at radius 2 is 2.45 bits per heavy atom. The van der Waals surface area contributed by atoms with Gasteiger partial charge in [0.05, 0.1) is 6.10 Å². The summed E-state index contributed by atoms with van der Waals surface area (Å²) in [5, 5.41) is 12.4. The summed E-state index contributed by atoms with van der Waals surface area (Å²) in [7, 11) is 1.97. The molecule has 0 aromatic rings. The van der Waals surface area contributed by atoms with E-state index >= 15 is 0 Å². The van der Waals surface area contributed by atoms with Crippen molar-refractivity contribution in [2.24, 2.45) is 0 Å². The molecule has 11 heavy (non-hydrogen) atoms. The summed E-state index contributed by atoms with van der Waals surface area (Å²) < 4.78 is 0. The van der Waals surface area contributed by atoms with Crippen LogP contribution in [0.15, 0.2) is 0 Å². The zero-order valence-electron chi connectivity index (χ0n) is 7.38. The predicted octanol–water partition coefficient (Wildman–Crippen LogP) is -0.339. The second kappa shape index (κ2) is 4.04. The largest absolute Gasteiger partial charge is 0.392 e. The molecule has 0 aromatic carbocycles. The third kappa shape index (κ3) is 2.77. The van der Waals surface area contributed by atoms with Crippen molar-refractivity contribution in [3.8, 4) is 0 Å². The Labute approximate surface area is 68.4 Å². The smallest absolute Gasteiger partial charge is 0.0679 e. The Kier molecular flexibility index (Phi) is 3.30. The number of hydrogen-bond donors (Lipinski definition) is 2. The van der Waals surface area contributed by atoms with E-state index in [0.29, 0.717) is 6.04 Å². The molecule has 3 heteroatoms. The number of aliphatic hydroxyl groups is 1. The summed E-state index contributed by atoms with van der Waals surface area (Å²) in [6.45, 7) is 5.11. The average Bonchev–Trinajstić information content (AvgIpc) is 2.35. The Morgan fingerprint density at radius 1 is 1.73 bits per heavy atom. The molecule has 0 spiro atoms. The van der Waals surface area contributed by atoms with Crippen molar-refractivity contribution in [3.05, 3.63) is 0 Å². The molecule has 3 nitrogen and oxygen atoms in total. The van der Waals surface area contributed by atoms with Gasteiger partial charge in [0.2, 0.25) is 0 Å². The van der Waals surface area contributed by atoms with E-state index in [1.165, 1.54) is 0 Å². The minimum atomic E-state index is -0.0842. The van der Waals surface area contributed by atoms with E-state index < -0.39 is 0 Å². The Hall–Kier alpha value is -0.120. The van der Waals surface area contributed by atoms with Gasteiger partial charge in [0.15, 0.2) is 0 Å². The second-order valence-electron chi connectivity index (χ2n) is 3.39. The number of rotatable bonds is 3. The topological polar surface area (TPSA) is 35.5 Å². The summed E-state index contributed by atoms with van der Waals surface area (Å²) in [5.74, 6) is 0. The zero-order chi connectivity index (χ0) is 8.27. The first-order valence-corrected chi connectivity index (χ1v) is 4.30. The van der Waals surface area contributed by atoms with Gasteiger partial charge in [0.25, 0.3) is 0 Å². The monoisotopic (exact) mass is 158 g/mol. The molecule has 0 aromatic heterocycles. The van der Waals surface area contributed by atoms with Crippen molar-refractivity contribution in [2.45, 2.75) is 25.5 Å². The molecule has 1 aliphatic rings. The van der Waals surface area contributed by atoms with Gasteiger partial charge < -0.3 is 10.4 Å². The maximum Gasteiger partial charge on any atom is 0.0679 e. The average molecular weight is 158 g/mol. The van der Waals surface area contributed by atoms with Gasteiger partial charge in [-0.05, 0) is 20.4 Å². The van der Waals surface area contributed by atoms with Crippen molar-refractivity contribution in [1.29, 1.82) is 0 Å². The van der Waals surface area contributed by atoms with Crippen LogP contribution < -0.4 is 5.32 Å². The number of β-amino-alcohol motifs (C(OH)–C–C–N with tert-alkyl or cyclic N) is 1. The Morgan fingerprint density at radius 3 is 2.91 bits per heavy atom. The molecule has 1 rings (SSSR count). The normalized spacial score (nSPS) is 29.2. The molecule has 1 aliphatic heterocycles. The Balaban J connectivity index is 2.17. The highest BCUT2D eigenvalue weighted by molar-refractivity contribution is 4.76. The van der Waals surface area contributed by atoms with E-state index in [0.717, 1.165) is 26.1 Å². The van der Waals surface area contributed by atoms with Gasteiger partial charge in [-0.2, -0.15) is 0 Å². The fraction of sp³-hybridized carbons (Fsp3) is 1.00. The molecular formula is C8H18N2O. The molecule has 0 amide bonds. The molecule has 0 bridgehead atoms. The predicted molar refractivity (Wildman–Crippen MR) is 45.6 cm³/mol. The molecule has 2 unspecified atom stereocenters. The van der Waals surface area contributed by atoms with Crippen LogP contribution in [0.5, 0.6) is 0 Å². The quantitative estimate of drug-likeness (QED) is 0.590. The van der Waals surface area contributed by atoms with Crippen LogP contribution in [0.2, 0.25) is 0 Å². The lowest BCUT2D eigenvalue weighted by molar-refractivity contribution is 0.173. The third-order valence-electron chi connectivity index (χ3n) is 2.27. The standard InChI is InChI=1S/C8H18N2O/c1-7(9-2)5-10-4-3-8(11)6-10/h7-9,11H,3-6H2,1-2H3. The van der Waals surface area contributed by atoms with Crippen LogP contribution in [0.3, 0.4) is 0 Å². The lowest BCUT2D eigenvalue weighted by Gasteiger charge is -2.19. The second-order valence-corrected chi connectivity index (χ2v) is 3.39. The molecule has 1 saturated heterocycles. The zero-order valence-corrected chi connectivity index (χ0v) is 7.38. The molecule has 0 aliphatic carbocycles. The van der Waals surface area contributed by atoms with Crippen LogP contribution >= 0.6 is 0 Å². The van der Waals surface area contributed by atoms with Crippen molar-refractivity contribution in [2.75, 3.05) is 26.7 Å². The van der Waals surface area contributed by atoms with E-state index in [1.54, 1.807) is 0 Å². The van der Waals surface area contributed by atoms with Crippen LogP contribution in [0.4, 0.5) is 0 Å². The summed E-state index contributed by atoms with van der Waals surface area (Å²) in [4.78, 5) is 2.30. The van der Waals surface area contributed by atoms with Crippen LogP contribution in [-0.4, -0.2) is 48.8 Å². The van der Waals surface area contributed by atoms with Gasteiger partial charge in [-0.15, -0.1) is 0 Å². The first-order chi connectivity index (χ1) is 5.22.